The number of unbranched alkanes of at least 4 members (excludes halogenated alkanes) is 22. The van der Waals surface area contributed by atoms with Crippen molar-refractivity contribution in [3.8, 4) is 0 Å². The van der Waals surface area contributed by atoms with E-state index in [2.05, 4.69) is 161 Å². The number of phosphoric acid groups is 2. The van der Waals surface area contributed by atoms with Gasteiger partial charge in [0.25, 0.3) is 0 Å². The molecule has 582 valence electrons. The van der Waals surface area contributed by atoms with Gasteiger partial charge in [0.05, 0.1) is 26.4 Å². The maximum absolute atomic E-state index is 13.1. The van der Waals surface area contributed by atoms with Crippen molar-refractivity contribution < 1.29 is 80.2 Å². The van der Waals surface area contributed by atoms with Gasteiger partial charge in [0.2, 0.25) is 0 Å². The van der Waals surface area contributed by atoms with Crippen LogP contribution in [0.2, 0.25) is 0 Å². The van der Waals surface area contributed by atoms with Crippen LogP contribution in [-0.2, 0) is 65.4 Å². The Morgan fingerprint density at radius 1 is 0.284 bits per heavy atom. The Morgan fingerprint density at radius 3 is 0.853 bits per heavy atom. The van der Waals surface area contributed by atoms with Crippen LogP contribution in [0.3, 0.4) is 0 Å². The zero-order valence-electron chi connectivity index (χ0n) is 63.5. The molecule has 5 unspecified atom stereocenters. The number of allylic oxidation sites excluding steroid dienone is 24. The van der Waals surface area contributed by atoms with Gasteiger partial charge in [-0.3, -0.25) is 37.3 Å². The minimum absolute atomic E-state index is 0.0623. The summed E-state index contributed by atoms with van der Waals surface area (Å²) in [6.45, 7) is 4.48. The van der Waals surface area contributed by atoms with Gasteiger partial charge in [-0.25, -0.2) is 9.13 Å². The Morgan fingerprint density at radius 2 is 0.520 bits per heavy atom. The minimum Gasteiger partial charge on any atom is -0.462 e. The third kappa shape index (κ3) is 73.3. The largest absolute Gasteiger partial charge is 0.472 e. The molecule has 0 aromatic rings. The summed E-state index contributed by atoms with van der Waals surface area (Å²) in [6, 6.07) is 0. The molecule has 0 bridgehead atoms. The molecule has 0 aromatic carbocycles. The number of aliphatic hydroxyl groups is 1. The number of carbonyl (C=O) groups excluding carboxylic acids is 4. The fraction of sp³-hybridized carbons (Fsp3) is 0.663. The first kappa shape index (κ1) is 96.9. The smallest absolute Gasteiger partial charge is 0.462 e. The Bertz CT molecular complexity index is 2510. The van der Waals surface area contributed by atoms with Crippen LogP contribution < -0.4 is 0 Å². The standard InChI is InChI=1S/C83H138O17P2/c1-5-9-13-17-21-25-29-33-36-38-41-44-47-51-55-59-63-67-80(85)93-73-78(99-82(87)69-65-61-57-53-49-43-32-28-24-20-16-12-8-4)75-97-101(89,90)95-71-77(84)72-96-102(91,92)98-76-79(100-83(88)70-66-62-58-54-50-46-40-35-31-27-23-19-15-11-7-3)74-94-81(86)68-64-60-56-52-48-45-42-39-37-34-30-26-22-18-14-10-6-2/h9-10,13-14,21-23,25-28,32-37,40-42,44-45,52,56,77-79,84H,5-8,11-12,15-20,24,29-31,38-39,43,46-51,53-55,57-76H2,1-4H3,(H,89,90)(H,91,92)/b13-9-,14-10-,25-21-,26-22-,27-23-,32-28-,36-33-,37-34-,40-35-,44-41-,45-42-,56-52-. The average Bonchev–Trinajstić information content (AvgIpc) is 0.939. The average molecular weight is 1470 g/mol. The van der Waals surface area contributed by atoms with Crippen LogP contribution in [0.15, 0.2) is 146 Å². The molecule has 3 N–H and O–H groups in total. The highest BCUT2D eigenvalue weighted by Gasteiger charge is 2.30. The Labute approximate surface area is 617 Å². The molecule has 0 amide bonds. The summed E-state index contributed by atoms with van der Waals surface area (Å²) in [7, 11) is -9.99. The molecule has 0 rings (SSSR count). The molecule has 0 spiro atoms. The lowest BCUT2D eigenvalue weighted by atomic mass is 10.1. The first-order chi connectivity index (χ1) is 49.7. The molecule has 0 aliphatic carbocycles. The molecule has 17 nitrogen and oxygen atoms in total. The second kappa shape index (κ2) is 74.2. The van der Waals surface area contributed by atoms with E-state index in [0.29, 0.717) is 32.1 Å². The lowest BCUT2D eigenvalue weighted by molar-refractivity contribution is -0.161. The summed E-state index contributed by atoms with van der Waals surface area (Å²) >= 11 is 0. The molecule has 5 atom stereocenters. The third-order valence-electron chi connectivity index (χ3n) is 15.8. The lowest BCUT2D eigenvalue weighted by Crippen LogP contribution is -2.30. The van der Waals surface area contributed by atoms with Crippen molar-refractivity contribution in [3.05, 3.63) is 146 Å². The van der Waals surface area contributed by atoms with Crippen LogP contribution in [0.25, 0.3) is 0 Å². The van der Waals surface area contributed by atoms with Gasteiger partial charge in [0.1, 0.15) is 19.3 Å². The zero-order valence-corrected chi connectivity index (χ0v) is 65.3. The molecular weight excluding hydrogens is 1330 g/mol. The second-order valence-electron chi connectivity index (χ2n) is 25.5. The summed E-state index contributed by atoms with van der Waals surface area (Å²) in [5, 5.41) is 10.6. The predicted molar refractivity (Wildman–Crippen MR) is 417 cm³/mol. The Kier molecular flexibility index (Phi) is 70.5. The van der Waals surface area contributed by atoms with E-state index < -0.39 is 97.5 Å². The highest BCUT2D eigenvalue weighted by Crippen LogP contribution is 2.45. The monoisotopic (exact) mass is 1470 g/mol. The molecule has 0 saturated carbocycles. The summed E-state index contributed by atoms with van der Waals surface area (Å²) in [6.07, 6.45) is 84.1. The van der Waals surface area contributed by atoms with Crippen molar-refractivity contribution in [2.24, 2.45) is 0 Å². The fourth-order valence-corrected chi connectivity index (χ4v) is 11.4. The van der Waals surface area contributed by atoms with Crippen molar-refractivity contribution >= 4 is 39.5 Å². The number of rotatable bonds is 72. The first-order valence-corrected chi connectivity index (χ1v) is 42.1. The third-order valence-corrected chi connectivity index (χ3v) is 17.7. The minimum atomic E-state index is -5.00. The summed E-state index contributed by atoms with van der Waals surface area (Å²) in [5.41, 5.74) is 0. The predicted octanol–water partition coefficient (Wildman–Crippen LogP) is 22.7. The highest BCUT2D eigenvalue weighted by molar-refractivity contribution is 7.47. The lowest BCUT2D eigenvalue weighted by Gasteiger charge is -2.21. The molecule has 102 heavy (non-hydrogen) atoms. The molecule has 0 fully saturated rings. The quantitative estimate of drug-likeness (QED) is 0.0169. The van der Waals surface area contributed by atoms with E-state index in [1.54, 1.807) is 0 Å². The number of ether oxygens (including phenoxy) is 4. The van der Waals surface area contributed by atoms with Gasteiger partial charge >= 0.3 is 39.5 Å². The summed E-state index contributed by atoms with van der Waals surface area (Å²) < 4.78 is 68.5. The van der Waals surface area contributed by atoms with Crippen molar-refractivity contribution in [1.82, 2.24) is 0 Å². The van der Waals surface area contributed by atoms with Gasteiger partial charge in [-0.2, -0.15) is 0 Å². The second-order valence-corrected chi connectivity index (χ2v) is 28.4. The molecule has 0 heterocycles. The van der Waals surface area contributed by atoms with E-state index in [0.717, 1.165) is 167 Å². The van der Waals surface area contributed by atoms with E-state index in [1.807, 2.05) is 12.2 Å². The van der Waals surface area contributed by atoms with Crippen molar-refractivity contribution in [1.29, 1.82) is 0 Å². The maximum atomic E-state index is 13.1. The topological polar surface area (TPSA) is 237 Å². The van der Waals surface area contributed by atoms with Gasteiger partial charge in [-0.1, -0.05) is 257 Å². The van der Waals surface area contributed by atoms with Gasteiger partial charge in [0, 0.05) is 25.7 Å². The van der Waals surface area contributed by atoms with Gasteiger partial charge in [0.15, 0.2) is 12.2 Å². The first-order valence-electron chi connectivity index (χ1n) is 39.1. The fourth-order valence-electron chi connectivity index (χ4n) is 9.86. The number of phosphoric ester groups is 2. The Balaban J connectivity index is 5.44. The van der Waals surface area contributed by atoms with Crippen molar-refractivity contribution in [2.45, 2.75) is 316 Å². The number of aliphatic hydroxyl groups excluding tert-OH is 1. The van der Waals surface area contributed by atoms with E-state index >= 15 is 0 Å². The zero-order chi connectivity index (χ0) is 74.6. The van der Waals surface area contributed by atoms with Crippen LogP contribution in [0, 0.1) is 0 Å². The van der Waals surface area contributed by atoms with Crippen LogP contribution >= 0.6 is 15.6 Å². The molecule has 0 radical (unpaired) electrons. The molecule has 0 saturated heterocycles. The van der Waals surface area contributed by atoms with E-state index in [-0.39, 0.29) is 25.7 Å². The Hall–Kier alpha value is -5.06. The summed E-state index contributed by atoms with van der Waals surface area (Å²) in [5.74, 6) is -2.30. The molecule has 19 heteroatoms. The van der Waals surface area contributed by atoms with Gasteiger partial charge in [-0.05, 0) is 161 Å². The number of hydrogen-bond acceptors (Lipinski definition) is 15. The highest BCUT2D eigenvalue weighted by atomic mass is 31.2. The van der Waals surface area contributed by atoms with E-state index in [1.165, 1.54) is 44.9 Å². The van der Waals surface area contributed by atoms with Crippen LogP contribution in [-0.4, -0.2) is 96.7 Å². The van der Waals surface area contributed by atoms with Crippen molar-refractivity contribution in [3.63, 3.8) is 0 Å². The number of hydrogen-bond donors (Lipinski definition) is 3. The molecule has 0 aliphatic heterocycles. The normalized spacial score (nSPS) is 14.7. The van der Waals surface area contributed by atoms with E-state index in [4.69, 9.17) is 37.0 Å². The molecule has 0 aliphatic rings. The van der Waals surface area contributed by atoms with Crippen LogP contribution in [0.1, 0.15) is 297 Å². The van der Waals surface area contributed by atoms with E-state index in [9.17, 15) is 43.2 Å². The number of esters is 4. The van der Waals surface area contributed by atoms with Gasteiger partial charge in [-0.15, -0.1) is 0 Å². The SMILES string of the molecule is CC/C=C\C/C=C\C/C=C\C/C=C\C/C=C\CCCC(=O)OCC(COP(=O)(O)OCC(O)COP(=O)(O)OCC(COC(=O)CCCCCC/C=C\C/C=C\C/C=C\C/C=C\CC)OC(=O)CCCCCCC/C=C\CCCCCC)OC(=O)CCCCCCC/C=C\C/C=C\CCCCC. The van der Waals surface area contributed by atoms with Crippen LogP contribution in [0.5, 0.6) is 0 Å². The molecular formula is C83H138O17P2. The summed E-state index contributed by atoms with van der Waals surface area (Å²) in [4.78, 5) is 72.9. The van der Waals surface area contributed by atoms with Crippen LogP contribution in [0.4, 0.5) is 0 Å². The molecule has 0 aromatic heterocycles. The number of carbonyl (C=O) groups is 4. The van der Waals surface area contributed by atoms with Gasteiger partial charge < -0.3 is 33.8 Å². The van der Waals surface area contributed by atoms with Crippen molar-refractivity contribution in [2.75, 3.05) is 39.6 Å². The maximum Gasteiger partial charge on any atom is 0.472 e.